The number of likely N-dealkylation sites (tertiary alicyclic amines) is 1. The van der Waals surface area contributed by atoms with Crippen LogP contribution in [0.25, 0.3) is 0 Å². The number of nitrogens with zero attached hydrogens (tertiary/aromatic N) is 3. The Labute approximate surface area is 211 Å². The second kappa shape index (κ2) is 16.3. The third kappa shape index (κ3) is 12.0. The number of carbonyl (C=O) groups is 1. The number of ether oxygens (including phenoxy) is 1. The third-order valence-electron chi connectivity index (χ3n) is 5.26. The molecule has 1 amide bonds. The standard InChI is InChI=1S/C24H41N5O2.HI/c1-20(2)19-31-16-8-13-25-24(26-17-23(30)28(3)4)27-22-11-14-29(15-12-22)18-21-9-6-5-7-10-21;/h5-7,9-10,20,22H,8,11-19H2,1-4H3,(H2,25,26,27);1H. The molecule has 1 saturated heterocycles. The number of nitrogens with one attached hydrogen (secondary N) is 2. The molecule has 1 fully saturated rings. The van der Waals surface area contributed by atoms with Crippen LogP contribution in [-0.4, -0.2) is 81.2 Å². The minimum absolute atomic E-state index is 0. The fraction of sp³-hybridized carbons (Fsp3) is 0.667. The molecule has 0 aliphatic carbocycles. The Kier molecular flexibility index (Phi) is 14.6. The van der Waals surface area contributed by atoms with Gasteiger partial charge in [-0.15, -0.1) is 24.0 Å². The van der Waals surface area contributed by atoms with Gasteiger partial charge in [-0.05, 0) is 30.7 Å². The first-order valence-corrected chi connectivity index (χ1v) is 11.5. The molecule has 0 aromatic heterocycles. The first-order valence-electron chi connectivity index (χ1n) is 11.5. The van der Waals surface area contributed by atoms with Crippen molar-refractivity contribution in [3.63, 3.8) is 0 Å². The molecular formula is C24H42IN5O2. The van der Waals surface area contributed by atoms with E-state index < -0.39 is 0 Å². The monoisotopic (exact) mass is 559 g/mol. The molecular weight excluding hydrogens is 517 g/mol. The number of hydrogen-bond donors (Lipinski definition) is 2. The summed E-state index contributed by atoms with van der Waals surface area (Å²) in [7, 11) is 3.51. The van der Waals surface area contributed by atoms with E-state index in [1.165, 1.54) is 5.56 Å². The molecule has 2 N–H and O–H groups in total. The Hall–Kier alpha value is -1.39. The maximum absolute atomic E-state index is 12.0. The largest absolute Gasteiger partial charge is 0.381 e. The number of rotatable bonds is 11. The summed E-state index contributed by atoms with van der Waals surface area (Å²) >= 11 is 0. The number of amides is 1. The van der Waals surface area contributed by atoms with E-state index in [0.29, 0.717) is 12.0 Å². The third-order valence-corrected chi connectivity index (χ3v) is 5.26. The van der Waals surface area contributed by atoms with Gasteiger partial charge in [-0.1, -0.05) is 44.2 Å². The van der Waals surface area contributed by atoms with Gasteiger partial charge < -0.3 is 20.3 Å². The van der Waals surface area contributed by atoms with Gasteiger partial charge in [0.1, 0.15) is 6.54 Å². The van der Waals surface area contributed by atoms with Gasteiger partial charge in [-0.2, -0.15) is 0 Å². The van der Waals surface area contributed by atoms with E-state index in [9.17, 15) is 4.79 Å². The van der Waals surface area contributed by atoms with Crippen LogP contribution >= 0.6 is 24.0 Å². The molecule has 7 nitrogen and oxygen atoms in total. The van der Waals surface area contributed by atoms with Gasteiger partial charge in [0.25, 0.3) is 0 Å². The molecule has 1 heterocycles. The van der Waals surface area contributed by atoms with Gasteiger partial charge in [-0.3, -0.25) is 9.69 Å². The molecule has 0 spiro atoms. The van der Waals surface area contributed by atoms with E-state index in [4.69, 9.17) is 4.74 Å². The molecule has 0 unspecified atom stereocenters. The molecule has 2 rings (SSSR count). The van der Waals surface area contributed by atoms with E-state index in [0.717, 1.165) is 64.6 Å². The number of likely N-dealkylation sites (N-methyl/N-ethyl adjacent to an activating group) is 1. The van der Waals surface area contributed by atoms with Crippen LogP contribution in [0.3, 0.4) is 0 Å². The zero-order chi connectivity index (χ0) is 22.5. The van der Waals surface area contributed by atoms with Gasteiger partial charge in [0.2, 0.25) is 5.91 Å². The van der Waals surface area contributed by atoms with Gasteiger partial charge in [0.15, 0.2) is 5.96 Å². The first kappa shape index (κ1) is 28.6. The topological polar surface area (TPSA) is 69.2 Å². The summed E-state index contributed by atoms with van der Waals surface area (Å²) in [6.45, 7) is 9.86. The van der Waals surface area contributed by atoms with Crippen LogP contribution in [0, 0.1) is 5.92 Å². The second-order valence-electron chi connectivity index (χ2n) is 8.88. The van der Waals surface area contributed by atoms with Crippen molar-refractivity contribution in [3.05, 3.63) is 35.9 Å². The lowest BCUT2D eigenvalue weighted by Gasteiger charge is -2.33. The molecule has 0 atom stereocenters. The van der Waals surface area contributed by atoms with Crippen LogP contribution in [0.15, 0.2) is 35.3 Å². The van der Waals surface area contributed by atoms with Crippen LogP contribution in [0.1, 0.15) is 38.7 Å². The summed E-state index contributed by atoms with van der Waals surface area (Å²) in [5, 5.41) is 6.92. The van der Waals surface area contributed by atoms with E-state index in [-0.39, 0.29) is 36.4 Å². The highest BCUT2D eigenvalue weighted by Crippen LogP contribution is 2.13. The summed E-state index contributed by atoms with van der Waals surface area (Å²) < 4.78 is 5.65. The Balaban J connectivity index is 0.00000512. The van der Waals surface area contributed by atoms with Crippen LogP contribution in [0.2, 0.25) is 0 Å². The van der Waals surface area contributed by atoms with Gasteiger partial charge in [-0.25, -0.2) is 4.99 Å². The SMILES string of the molecule is CC(C)COCCCNC(=NCC(=O)N(C)C)NC1CCN(Cc2ccccc2)CC1.I. The zero-order valence-electron chi connectivity index (χ0n) is 20.2. The quantitative estimate of drug-likeness (QED) is 0.189. The predicted octanol–water partition coefficient (Wildman–Crippen LogP) is 2.96. The average molecular weight is 560 g/mol. The van der Waals surface area contributed by atoms with Gasteiger partial charge >= 0.3 is 0 Å². The molecule has 1 aliphatic heterocycles. The van der Waals surface area contributed by atoms with E-state index in [1.807, 2.05) is 0 Å². The molecule has 0 radical (unpaired) electrons. The Morgan fingerprint density at radius 1 is 1.22 bits per heavy atom. The van der Waals surface area contributed by atoms with Crippen LogP contribution in [-0.2, 0) is 16.1 Å². The van der Waals surface area contributed by atoms with Crippen molar-refractivity contribution in [1.82, 2.24) is 20.4 Å². The van der Waals surface area contributed by atoms with Crippen molar-refractivity contribution in [3.8, 4) is 0 Å². The summed E-state index contributed by atoms with van der Waals surface area (Å²) in [6.07, 6.45) is 3.03. The van der Waals surface area contributed by atoms with Crippen molar-refractivity contribution < 1.29 is 9.53 Å². The normalized spacial score (nSPS) is 15.3. The van der Waals surface area contributed by atoms with E-state index in [2.05, 4.69) is 64.7 Å². The minimum atomic E-state index is -0.000882. The zero-order valence-corrected chi connectivity index (χ0v) is 22.5. The fourth-order valence-corrected chi connectivity index (χ4v) is 3.41. The molecule has 1 aliphatic rings. The Morgan fingerprint density at radius 3 is 2.53 bits per heavy atom. The van der Waals surface area contributed by atoms with Crippen molar-refractivity contribution in [2.75, 3.05) is 53.5 Å². The maximum Gasteiger partial charge on any atom is 0.243 e. The number of benzene rings is 1. The van der Waals surface area contributed by atoms with Crippen molar-refractivity contribution >= 4 is 35.8 Å². The lowest BCUT2D eigenvalue weighted by Crippen LogP contribution is -2.49. The molecule has 1 aromatic rings. The summed E-state index contributed by atoms with van der Waals surface area (Å²) in [5.41, 5.74) is 1.36. The lowest BCUT2D eigenvalue weighted by molar-refractivity contribution is -0.127. The average Bonchev–Trinajstić information content (AvgIpc) is 2.75. The second-order valence-corrected chi connectivity index (χ2v) is 8.88. The molecule has 1 aromatic carbocycles. The minimum Gasteiger partial charge on any atom is -0.381 e. The number of hydrogen-bond acceptors (Lipinski definition) is 4. The Bertz CT molecular complexity index is 662. The highest BCUT2D eigenvalue weighted by molar-refractivity contribution is 14.0. The number of piperidine rings is 1. The number of aliphatic imine (C=N–C) groups is 1. The van der Waals surface area contributed by atoms with Crippen molar-refractivity contribution in [1.29, 1.82) is 0 Å². The molecule has 8 heteroatoms. The van der Waals surface area contributed by atoms with E-state index in [1.54, 1.807) is 19.0 Å². The molecule has 0 saturated carbocycles. The number of guanidine groups is 1. The highest BCUT2D eigenvalue weighted by Gasteiger charge is 2.20. The molecule has 0 bridgehead atoms. The number of carbonyl (C=O) groups excluding carboxylic acids is 1. The summed E-state index contributed by atoms with van der Waals surface area (Å²) in [6, 6.07) is 11.0. The van der Waals surface area contributed by atoms with Crippen LogP contribution in [0.5, 0.6) is 0 Å². The van der Waals surface area contributed by atoms with Crippen LogP contribution < -0.4 is 10.6 Å². The fourth-order valence-electron chi connectivity index (χ4n) is 3.41. The van der Waals surface area contributed by atoms with Gasteiger partial charge in [0, 0.05) is 59.5 Å². The van der Waals surface area contributed by atoms with Crippen LogP contribution in [0.4, 0.5) is 0 Å². The van der Waals surface area contributed by atoms with Crippen molar-refractivity contribution in [2.45, 2.75) is 45.7 Å². The summed E-state index contributed by atoms with van der Waals surface area (Å²) in [5.74, 6) is 1.27. The Morgan fingerprint density at radius 2 is 1.91 bits per heavy atom. The first-order chi connectivity index (χ1) is 14.9. The number of halogens is 1. The lowest BCUT2D eigenvalue weighted by atomic mass is 10.0. The smallest absolute Gasteiger partial charge is 0.243 e. The maximum atomic E-state index is 12.0. The van der Waals surface area contributed by atoms with Gasteiger partial charge in [0.05, 0.1) is 0 Å². The predicted molar refractivity (Wildman–Crippen MR) is 143 cm³/mol. The molecule has 32 heavy (non-hydrogen) atoms. The van der Waals surface area contributed by atoms with E-state index >= 15 is 0 Å². The highest BCUT2D eigenvalue weighted by atomic mass is 127. The molecule has 182 valence electrons. The summed E-state index contributed by atoms with van der Waals surface area (Å²) in [4.78, 5) is 20.6. The van der Waals surface area contributed by atoms with Crippen molar-refractivity contribution in [2.24, 2.45) is 10.9 Å².